The molecule has 1 aliphatic rings. The third kappa shape index (κ3) is 3.82. The van der Waals surface area contributed by atoms with Gasteiger partial charge in [0.15, 0.2) is 0 Å². The predicted octanol–water partition coefficient (Wildman–Crippen LogP) is 6.03. The maximum absolute atomic E-state index is 13.3. The maximum Gasteiger partial charge on any atom is 0.300 e. The number of hydrogen-bond donors (Lipinski definition) is 1. The van der Waals surface area contributed by atoms with Crippen molar-refractivity contribution in [3.8, 4) is 0 Å². The maximum atomic E-state index is 13.3. The van der Waals surface area contributed by atoms with Crippen LogP contribution in [0.15, 0.2) is 96.6 Å². The summed E-state index contributed by atoms with van der Waals surface area (Å²) < 4.78 is 0. The smallest absolute Gasteiger partial charge is 0.300 e. The number of Topliss-reactive ketones (excluding diaryl/α,β-unsaturated/α-hetero) is 1. The quantitative estimate of drug-likeness (QED) is 0.125. The Morgan fingerprint density at radius 1 is 0.914 bits per heavy atom. The minimum absolute atomic E-state index is 0.111. The van der Waals surface area contributed by atoms with Crippen molar-refractivity contribution in [1.29, 1.82) is 0 Å². The lowest BCUT2D eigenvalue weighted by atomic mass is 9.91. The number of ketones is 1. The van der Waals surface area contributed by atoms with E-state index in [1.807, 2.05) is 36.4 Å². The highest BCUT2D eigenvalue weighted by Gasteiger charge is 2.47. The molecule has 1 atom stereocenters. The molecule has 0 bridgehead atoms. The molecule has 0 aliphatic carbocycles. The number of benzene rings is 4. The van der Waals surface area contributed by atoms with Crippen LogP contribution in [-0.2, 0) is 9.59 Å². The number of nitro benzene ring substituents is 1. The van der Waals surface area contributed by atoms with Crippen molar-refractivity contribution in [2.45, 2.75) is 6.04 Å². The molecule has 172 valence electrons. The normalized spacial score (nSPS) is 17.2. The fourth-order valence-corrected chi connectivity index (χ4v) is 4.59. The average Bonchev–Trinajstić information content (AvgIpc) is 3.13. The van der Waals surface area contributed by atoms with E-state index in [1.54, 1.807) is 30.3 Å². The molecule has 0 radical (unpaired) electrons. The van der Waals surface area contributed by atoms with E-state index in [2.05, 4.69) is 0 Å². The summed E-state index contributed by atoms with van der Waals surface area (Å²) >= 11 is 6.19. The van der Waals surface area contributed by atoms with Crippen LogP contribution in [0.1, 0.15) is 17.2 Å². The van der Waals surface area contributed by atoms with Crippen LogP contribution in [0.5, 0.6) is 0 Å². The van der Waals surface area contributed by atoms with Gasteiger partial charge in [0.05, 0.1) is 16.5 Å². The second kappa shape index (κ2) is 8.70. The zero-order valence-corrected chi connectivity index (χ0v) is 18.8. The monoisotopic (exact) mass is 484 g/mol. The number of rotatable bonds is 4. The number of carbonyl (C=O) groups excluding carboxylic acids is 2. The molecule has 1 amide bonds. The number of anilines is 1. The number of aliphatic hydroxyl groups excluding tert-OH is 1. The van der Waals surface area contributed by atoms with E-state index in [0.717, 1.165) is 10.8 Å². The Hall–Kier alpha value is -4.49. The number of halogens is 1. The highest BCUT2D eigenvalue weighted by molar-refractivity contribution is 6.52. The number of nitro groups is 1. The molecular formula is C27H17ClN2O5. The van der Waals surface area contributed by atoms with E-state index in [0.29, 0.717) is 16.3 Å². The summed E-state index contributed by atoms with van der Waals surface area (Å²) in [5.74, 6) is -2.09. The number of aliphatic hydroxyl groups is 1. The van der Waals surface area contributed by atoms with E-state index >= 15 is 0 Å². The zero-order valence-electron chi connectivity index (χ0n) is 18.1. The predicted molar refractivity (Wildman–Crippen MR) is 133 cm³/mol. The van der Waals surface area contributed by atoms with Crippen molar-refractivity contribution in [1.82, 2.24) is 0 Å². The van der Waals surface area contributed by atoms with E-state index < -0.39 is 28.4 Å². The van der Waals surface area contributed by atoms with Crippen molar-refractivity contribution >= 4 is 51.2 Å². The summed E-state index contributed by atoms with van der Waals surface area (Å²) in [6, 6.07) is 23.9. The van der Waals surface area contributed by atoms with Gasteiger partial charge in [0.25, 0.3) is 17.4 Å². The van der Waals surface area contributed by atoms with Crippen LogP contribution in [0.2, 0.25) is 5.02 Å². The molecule has 35 heavy (non-hydrogen) atoms. The highest BCUT2D eigenvalue weighted by atomic mass is 35.5. The molecule has 7 nitrogen and oxygen atoms in total. The van der Waals surface area contributed by atoms with Crippen LogP contribution in [0.4, 0.5) is 11.4 Å². The first-order valence-corrected chi connectivity index (χ1v) is 11.0. The molecule has 1 unspecified atom stereocenters. The van der Waals surface area contributed by atoms with Gasteiger partial charge in [-0.3, -0.25) is 24.6 Å². The molecule has 0 spiro atoms. The lowest BCUT2D eigenvalue weighted by Gasteiger charge is -2.26. The van der Waals surface area contributed by atoms with Crippen molar-refractivity contribution < 1.29 is 19.6 Å². The minimum atomic E-state index is -0.949. The molecule has 1 aliphatic heterocycles. The van der Waals surface area contributed by atoms with Gasteiger partial charge in [-0.1, -0.05) is 60.1 Å². The largest absolute Gasteiger partial charge is 0.507 e. The van der Waals surface area contributed by atoms with E-state index in [4.69, 9.17) is 11.6 Å². The number of non-ortho nitro benzene ring substituents is 1. The van der Waals surface area contributed by atoms with Gasteiger partial charge in [-0.25, -0.2) is 0 Å². The van der Waals surface area contributed by atoms with Crippen LogP contribution < -0.4 is 4.90 Å². The second-order valence-electron chi connectivity index (χ2n) is 8.02. The first-order valence-electron chi connectivity index (χ1n) is 10.7. The van der Waals surface area contributed by atoms with Gasteiger partial charge < -0.3 is 5.11 Å². The molecule has 1 N–H and O–H groups in total. The third-order valence-electron chi connectivity index (χ3n) is 6.00. The Morgan fingerprint density at radius 3 is 2.31 bits per heavy atom. The number of hydrogen-bond acceptors (Lipinski definition) is 5. The van der Waals surface area contributed by atoms with Crippen LogP contribution in [-0.4, -0.2) is 21.7 Å². The van der Waals surface area contributed by atoms with Crippen molar-refractivity contribution in [3.63, 3.8) is 0 Å². The molecule has 1 saturated heterocycles. The van der Waals surface area contributed by atoms with Crippen LogP contribution in [0, 0.1) is 10.1 Å². The summed E-state index contributed by atoms with van der Waals surface area (Å²) in [5.41, 5.74) is 0.961. The van der Waals surface area contributed by atoms with E-state index in [9.17, 15) is 24.8 Å². The Balaban J connectivity index is 1.78. The number of fused-ring (bicyclic) bond motifs is 1. The van der Waals surface area contributed by atoms with Gasteiger partial charge in [-0.2, -0.15) is 0 Å². The fraction of sp³-hybridized carbons (Fsp3) is 0.0370. The summed E-state index contributed by atoms with van der Waals surface area (Å²) in [6.45, 7) is 0. The van der Waals surface area contributed by atoms with Crippen LogP contribution in [0.3, 0.4) is 0 Å². The first-order chi connectivity index (χ1) is 16.9. The highest BCUT2D eigenvalue weighted by Crippen LogP contribution is 2.44. The molecule has 0 aromatic heterocycles. The molecule has 1 heterocycles. The second-order valence-corrected chi connectivity index (χ2v) is 8.46. The van der Waals surface area contributed by atoms with Crippen molar-refractivity contribution in [3.05, 3.63) is 123 Å². The lowest BCUT2D eigenvalue weighted by molar-refractivity contribution is -0.384. The Labute approximate surface area is 204 Å². The van der Waals surface area contributed by atoms with Crippen molar-refractivity contribution in [2.75, 3.05) is 4.90 Å². The molecule has 1 fully saturated rings. The minimum Gasteiger partial charge on any atom is -0.507 e. The number of nitrogens with zero attached hydrogens (tertiary/aromatic N) is 2. The Bertz CT molecular complexity index is 1540. The lowest BCUT2D eigenvalue weighted by Crippen LogP contribution is -2.29. The summed E-state index contributed by atoms with van der Waals surface area (Å²) in [4.78, 5) is 38.5. The van der Waals surface area contributed by atoms with Gasteiger partial charge in [0.1, 0.15) is 5.76 Å². The summed E-state index contributed by atoms with van der Waals surface area (Å²) in [6.07, 6.45) is 0. The van der Waals surface area contributed by atoms with Crippen LogP contribution in [0.25, 0.3) is 16.5 Å². The van der Waals surface area contributed by atoms with E-state index in [1.165, 1.54) is 29.2 Å². The topological polar surface area (TPSA) is 101 Å². The Kier molecular flexibility index (Phi) is 5.55. The number of carbonyl (C=O) groups is 2. The van der Waals surface area contributed by atoms with Gasteiger partial charge in [0, 0.05) is 28.4 Å². The Morgan fingerprint density at radius 2 is 1.60 bits per heavy atom. The van der Waals surface area contributed by atoms with Gasteiger partial charge in [-0.15, -0.1) is 0 Å². The van der Waals surface area contributed by atoms with Gasteiger partial charge >= 0.3 is 0 Å². The fourth-order valence-electron chi connectivity index (χ4n) is 4.40. The molecule has 4 aromatic rings. The first kappa shape index (κ1) is 22.3. The molecule has 0 saturated carbocycles. The van der Waals surface area contributed by atoms with E-state index in [-0.39, 0.29) is 16.8 Å². The van der Waals surface area contributed by atoms with Gasteiger partial charge in [-0.05, 0) is 46.7 Å². The molecule has 4 aromatic carbocycles. The third-order valence-corrected chi connectivity index (χ3v) is 6.24. The average molecular weight is 485 g/mol. The van der Waals surface area contributed by atoms with Gasteiger partial charge in [0.2, 0.25) is 0 Å². The zero-order chi connectivity index (χ0) is 24.7. The standard InChI is InChI=1S/C27H17ClN2O5/c28-18-7-4-8-20(15-18)29-24(22-10-3-6-16-5-1-2-9-21(16)22)23(26(32)27(29)33)25(31)17-11-13-19(14-12-17)30(34)35/h1-15,24,31H/b25-23-. The summed E-state index contributed by atoms with van der Waals surface area (Å²) in [7, 11) is 0. The number of amides is 1. The molecular weight excluding hydrogens is 468 g/mol. The van der Waals surface area contributed by atoms with Crippen LogP contribution >= 0.6 is 11.6 Å². The molecule has 5 rings (SSSR count). The van der Waals surface area contributed by atoms with Crippen molar-refractivity contribution in [2.24, 2.45) is 0 Å². The molecule has 8 heteroatoms. The SMILES string of the molecule is O=C1C(=O)N(c2cccc(Cl)c2)C(c2cccc3ccccc23)/C1=C(/O)c1ccc([N+](=O)[O-])cc1. The summed E-state index contributed by atoms with van der Waals surface area (Å²) in [5, 5.41) is 24.4.